The third-order valence-electron chi connectivity index (χ3n) is 2.55. The number of aromatic nitrogens is 3. The van der Waals surface area contributed by atoms with Crippen molar-refractivity contribution in [1.29, 1.82) is 0 Å². The highest BCUT2D eigenvalue weighted by Crippen LogP contribution is 2.26. The lowest BCUT2D eigenvalue weighted by molar-refractivity contribution is 0.101. The van der Waals surface area contributed by atoms with Crippen LogP contribution in [0.25, 0.3) is 0 Å². The molecule has 18 heavy (non-hydrogen) atoms. The highest BCUT2D eigenvalue weighted by molar-refractivity contribution is 7.14. The third kappa shape index (κ3) is 2.59. The molecule has 2 heterocycles. The molecule has 0 radical (unpaired) electrons. The molecule has 2 rings (SSSR count). The fourth-order valence-corrected chi connectivity index (χ4v) is 2.37. The molecule has 0 aliphatic carbocycles. The van der Waals surface area contributed by atoms with Gasteiger partial charge in [0.2, 0.25) is 0 Å². The molecule has 1 amide bonds. The molecule has 2 aromatic heterocycles. The molecule has 0 saturated carbocycles. The van der Waals surface area contributed by atoms with Crippen LogP contribution >= 0.6 is 11.3 Å². The Bertz CT molecular complexity index is 565. The van der Waals surface area contributed by atoms with Crippen molar-refractivity contribution >= 4 is 22.4 Å². The molecular weight excluding hydrogens is 248 g/mol. The standard InChI is InChI=1S/C12H16N4OS/c1-12(2,3)9-7-18-11(14-9)15-10(17)8-5-6-13-16(8)4/h5-7H,1-4H3,(H,14,15,17). The fourth-order valence-electron chi connectivity index (χ4n) is 1.43. The Balaban J connectivity index is 2.13. The Kier molecular flexibility index (Phi) is 3.21. The third-order valence-corrected chi connectivity index (χ3v) is 3.30. The first kappa shape index (κ1) is 12.8. The number of nitrogens with zero attached hydrogens (tertiary/aromatic N) is 3. The smallest absolute Gasteiger partial charge is 0.275 e. The van der Waals surface area contributed by atoms with Crippen molar-refractivity contribution in [1.82, 2.24) is 14.8 Å². The van der Waals surface area contributed by atoms with Gasteiger partial charge in [-0.15, -0.1) is 11.3 Å². The number of thiazole rings is 1. The van der Waals surface area contributed by atoms with Crippen molar-refractivity contribution in [3.05, 3.63) is 29.0 Å². The molecule has 96 valence electrons. The predicted molar refractivity (Wildman–Crippen MR) is 72.0 cm³/mol. The molecule has 0 spiro atoms. The van der Waals surface area contributed by atoms with E-state index < -0.39 is 0 Å². The summed E-state index contributed by atoms with van der Waals surface area (Å²) < 4.78 is 1.54. The van der Waals surface area contributed by atoms with Crippen LogP contribution in [0.15, 0.2) is 17.6 Å². The van der Waals surface area contributed by atoms with E-state index in [1.165, 1.54) is 16.0 Å². The zero-order valence-electron chi connectivity index (χ0n) is 10.9. The second-order valence-corrected chi connectivity index (χ2v) is 5.94. The van der Waals surface area contributed by atoms with Crippen LogP contribution in [0.3, 0.4) is 0 Å². The lowest BCUT2D eigenvalue weighted by Crippen LogP contribution is -2.17. The average Bonchev–Trinajstić information content (AvgIpc) is 2.85. The van der Waals surface area contributed by atoms with Crippen LogP contribution in [0.5, 0.6) is 0 Å². The van der Waals surface area contributed by atoms with Crippen molar-refractivity contribution in [3.8, 4) is 0 Å². The van der Waals surface area contributed by atoms with Crippen LogP contribution in [0, 0.1) is 0 Å². The molecule has 0 unspecified atom stereocenters. The number of hydrogen-bond donors (Lipinski definition) is 1. The number of carbonyl (C=O) groups is 1. The van der Waals surface area contributed by atoms with Crippen LogP contribution in [-0.4, -0.2) is 20.7 Å². The number of carbonyl (C=O) groups excluding carboxylic acids is 1. The number of nitrogens with one attached hydrogen (secondary N) is 1. The summed E-state index contributed by atoms with van der Waals surface area (Å²) in [6, 6.07) is 1.67. The molecule has 0 aliphatic heterocycles. The Morgan fingerprint density at radius 1 is 1.44 bits per heavy atom. The summed E-state index contributed by atoms with van der Waals surface area (Å²) in [6.07, 6.45) is 1.59. The van der Waals surface area contributed by atoms with E-state index in [9.17, 15) is 4.79 Å². The number of hydrogen-bond acceptors (Lipinski definition) is 4. The maximum atomic E-state index is 11.9. The monoisotopic (exact) mass is 264 g/mol. The number of rotatable bonds is 2. The topological polar surface area (TPSA) is 59.8 Å². The van der Waals surface area contributed by atoms with Gasteiger partial charge in [0.05, 0.1) is 5.69 Å². The summed E-state index contributed by atoms with van der Waals surface area (Å²) in [5.74, 6) is -0.190. The molecule has 0 bridgehead atoms. The van der Waals surface area contributed by atoms with Gasteiger partial charge in [-0.05, 0) is 6.07 Å². The van der Waals surface area contributed by atoms with Crippen LogP contribution in [0.2, 0.25) is 0 Å². The Hall–Kier alpha value is -1.69. The van der Waals surface area contributed by atoms with E-state index in [0.717, 1.165) is 5.69 Å². The Morgan fingerprint density at radius 2 is 2.17 bits per heavy atom. The Morgan fingerprint density at radius 3 is 2.67 bits per heavy atom. The first-order chi connectivity index (χ1) is 8.38. The van der Waals surface area contributed by atoms with E-state index >= 15 is 0 Å². The zero-order chi connectivity index (χ0) is 13.3. The SMILES string of the molecule is Cn1nccc1C(=O)Nc1nc(C(C)(C)C)cs1. The van der Waals surface area contributed by atoms with Gasteiger partial charge < -0.3 is 0 Å². The van der Waals surface area contributed by atoms with Crippen LogP contribution < -0.4 is 5.32 Å². The van der Waals surface area contributed by atoms with Crippen molar-refractivity contribution in [3.63, 3.8) is 0 Å². The largest absolute Gasteiger partial charge is 0.296 e. The summed E-state index contributed by atoms with van der Waals surface area (Å²) in [4.78, 5) is 16.4. The van der Waals surface area contributed by atoms with Gasteiger partial charge in [0.1, 0.15) is 5.69 Å². The molecule has 0 aromatic carbocycles. The van der Waals surface area contributed by atoms with Gasteiger partial charge in [0, 0.05) is 24.0 Å². The summed E-state index contributed by atoms with van der Waals surface area (Å²) in [5.41, 5.74) is 1.49. The zero-order valence-corrected chi connectivity index (χ0v) is 11.7. The molecule has 0 atom stereocenters. The van der Waals surface area contributed by atoms with Crippen molar-refractivity contribution in [2.75, 3.05) is 5.32 Å². The summed E-state index contributed by atoms with van der Waals surface area (Å²) in [7, 11) is 1.73. The maximum absolute atomic E-state index is 11.9. The van der Waals surface area contributed by atoms with E-state index in [1.807, 2.05) is 5.38 Å². The highest BCUT2D eigenvalue weighted by atomic mass is 32.1. The molecule has 2 aromatic rings. The lowest BCUT2D eigenvalue weighted by atomic mass is 9.93. The second kappa shape index (κ2) is 4.53. The van der Waals surface area contributed by atoms with Crippen LogP contribution in [0.1, 0.15) is 37.0 Å². The van der Waals surface area contributed by atoms with Gasteiger partial charge in [0.25, 0.3) is 5.91 Å². The minimum Gasteiger partial charge on any atom is -0.296 e. The van der Waals surface area contributed by atoms with Crippen molar-refractivity contribution in [2.24, 2.45) is 7.05 Å². The molecule has 0 aliphatic rings. The van der Waals surface area contributed by atoms with E-state index in [0.29, 0.717) is 10.8 Å². The highest BCUT2D eigenvalue weighted by Gasteiger charge is 2.19. The minimum atomic E-state index is -0.190. The Labute approximate surface area is 110 Å². The molecule has 1 N–H and O–H groups in total. The number of aryl methyl sites for hydroxylation is 1. The van der Waals surface area contributed by atoms with Gasteiger partial charge in [-0.3, -0.25) is 14.8 Å². The molecular formula is C12H16N4OS. The quantitative estimate of drug-likeness (QED) is 0.906. The van der Waals surface area contributed by atoms with Crippen molar-refractivity contribution < 1.29 is 4.79 Å². The van der Waals surface area contributed by atoms with Gasteiger partial charge >= 0.3 is 0 Å². The summed E-state index contributed by atoms with van der Waals surface area (Å²) in [5, 5.41) is 9.34. The maximum Gasteiger partial charge on any atom is 0.275 e. The summed E-state index contributed by atoms with van der Waals surface area (Å²) >= 11 is 1.44. The van der Waals surface area contributed by atoms with Crippen molar-refractivity contribution in [2.45, 2.75) is 26.2 Å². The van der Waals surface area contributed by atoms with Crippen LogP contribution in [0.4, 0.5) is 5.13 Å². The van der Waals surface area contributed by atoms with E-state index in [2.05, 4.69) is 36.2 Å². The molecule has 5 nitrogen and oxygen atoms in total. The first-order valence-electron chi connectivity index (χ1n) is 5.63. The first-order valence-corrected chi connectivity index (χ1v) is 6.51. The molecule has 0 fully saturated rings. The van der Waals surface area contributed by atoms with Crippen LogP contribution in [-0.2, 0) is 12.5 Å². The van der Waals surface area contributed by atoms with E-state index in [4.69, 9.17) is 0 Å². The van der Waals surface area contributed by atoms with Gasteiger partial charge in [-0.2, -0.15) is 5.10 Å². The summed E-state index contributed by atoms with van der Waals surface area (Å²) in [6.45, 7) is 6.28. The molecule has 0 saturated heterocycles. The second-order valence-electron chi connectivity index (χ2n) is 5.08. The predicted octanol–water partition coefficient (Wildman–Crippen LogP) is 2.43. The van der Waals surface area contributed by atoms with E-state index in [-0.39, 0.29) is 11.3 Å². The fraction of sp³-hybridized carbons (Fsp3) is 0.417. The van der Waals surface area contributed by atoms with Gasteiger partial charge in [-0.25, -0.2) is 4.98 Å². The number of anilines is 1. The normalized spacial score (nSPS) is 11.6. The minimum absolute atomic E-state index is 0.00793. The average molecular weight is 264 g/mol. The molecule has 6 heteroatoms. The van der Waals surface area contributed by atoms with E-state index in [1.54, 1.807) is 19.3 Å². The van der Waals surface area contributed by atoms with Gasteiger partial charge in [-0.1, -0.05) is 20.8 Å². The number of amides is 1. The van der Waals surface area contributed by atoms with Gasteiger partial charge in [0.15, 0.2) is 5.13 Å². The lowest BCUT2D eigenvalue weighted by Gasteiger charge is -2.14.